The van der Waals surface area contributed by atoms with Crippen LogP contribution in [0.3, 0.4) is 0 Å². The monoisotopic (exact) mass is 817 g/mol. The molecule has 49 heavy (non-hydrogen) atoms. The predicted molar refractivity (Wildman–Crippen MR) is 197 cm³/mol. The molecule has 0 amide bonds. The van der Waals surface area contributed by atoms with Gasteiger partial charge >= 0.3 is 0 Å². The van der Waals surface area contributed by atoms with Crippen LogP contribution in [0, 0.1) is 26.8 Å². The molecule has 4 nitrogen and oxygen atoms in total. The number of benzene rings is 5. The van der Waals surface area contributed by atoms with Crippen LogP contribution in [0.2, 0.25) is 0 Å². The summed E-state index contributed by atoms with van der Waals surface area (Å²) in [6.45, 7) is 11.0. The van der Waals surface area contributed by atoms with E-state index in [1.165, 1.54) is 27.8 Å². The van der Waals surface area contributed by atoms with Crippen molar-refractivity contribution in [2.45, 2.75) is 40.0 Å². The van der Waals surface area contributed by atoms with E-state index in [4.69, 9.17) is 9.97 Å². The number of nitrogens with zero attached hydrogens (tertiary/aromatic N) is 3. The van der Waals surface area contributed by atoms with E-state index in [-0.39, 0.29) is 32.2 Å². The minimum absolute atomic E-state index is 0. The molecule has 0 radical (unpaired) electrons. The van der Waals surface area contributed by atoms with Crippen LogP contribution < -0.4 is 4.90 Å². The predicted octanol–water partition coefficient (Wildman–Crippen LogP) is 11.2. The van der Waals surface area contributed by atoms with Gasteiger partial charge in [0.05, 0.1) is 0 Å². The Morgan fingerprint density at radius 1 is 0.714 bits per heavy atom. The second-order valence-electron chi connectivity index (χ2n) is 13.4. The quantitative estimate of drug-likeness (QED) is 0.180. The van der Waals surface area contributed by atoms with Crippen molar-refractivity contribution >= 4 is 28.1 Å². The molecule has 0 bridgehead atoms. The van der Waals surface area contributed by atoms with Crippen molar-refractivity contribution in [1.29, 1.82) is 0 Å². The van der Waals surface area contributed by atoms with E-state index in [0.29, 0.717) is 5.52 Å². The van der Waals surface area contributed by atoms with Gasteiger partial charge in [0, 0.05) is 38.3 Å². The number of rotatable bonds is 4. The number of hydrogen-bond acceptors (Lipinski definition) is 4. The molecule has 0 spiro atoms. The molecule has 1 N–H and O–H groups in total. The van der Waals surface area contributed by atoms with Crippen LogP contribution in [0.4, 0.5) is 17.2 Å². The Balaban J connectivity index is 0.00000378. The van der Waals surface area contributed by atoms with Crippen molar-refractivity contribution in [3.63, 3.8) is 0 Å². The largest absolute Gasteiger partial charge is 0.506 e. The topological polar surface area (TPSA) is 49.3 Å². The molecule has 5 heteroatoms. The molecular formula is C44H36N3OPt-. The van der Waals surface area contributed by atoms with Crippen molar-refractivity contribution in [2.24, 2.45) is 0 Å². The molecule has 1 aliphatic heterocycles. The normalized spacial score (nSPS) is 13.0. The fraction of sp³-hybridized carbons (Fsp3) is 0.136. The van der Waals surface area contributed by atoms with Gasteiger partial charge < -0.3 is 10.0 Å². The Kier molecular flexibility index (Phi) is 8.25. The maximum absolute atomic E-state index is 11.1. The van der Waals surface area contributed by atoms with Gasteiger partial charge in [0.25, 0.3) is 0 Å². The Labute approximate surface area is 302 Å². The summed E-state index contributed by atoms with van der Waals surface area (Å²) >= 11 is 0. The van der Waals surface area contributed by atoms with Crippen molar-refractivity contribution in [3.05, 3.63) is 155 Å². The summed E-state index contributed by atoms with van der Waals surface area (Å²) in [7, 11) is 0. The third-order valence-corrected chi connectivity index (χ3v) is 9.78. The van der Waals surface area contributed by atoms with E-state index in [1.807, 2.05) is 24.4 Å². The smallest absolute Gasteiger partial charge is 0.140 e. The van der Waals surface area contributed by atoms with Gasteiger partial charge in [-0.2, -0.15) is 0 Å². The standard InChI is InChI=1S/C44H36N3O.Pt/c1-27-23-28(2)42(29(3)24-27)33-17-20-40(48)43-34(33)16-19-37(46-43)32-15-18-36-39(25-32)47(38-14-10-9-13-35(38)44(36,4)5)41-26-31(21-22-45-41)30-11-7-6-8-12-30;/h6-24,26,48H,1-5H3;/q-1;. The van der Waals surface area contributed by atoms with Crippen LogP contribution in [-0.4, -0.2) is 15.1 Å². The maximum atomic E-state index is 11.1. The molecule has 244 valence electrons. The Hall–Kier alpha value is -5.05. The summed E-state index contributed by atoms with van der Waals surface area (Å²) in [5.74, 6) is 0.987. The van der Waals surface area contributed by atoms with Crippen molar-refractivity contribution in [3.8, 4) is 39.3 Å². The first-order chi connectivity index (χ1) is 23.2. The van der Waals surface area contributed by atoms with Crippen molar-refractivity contribution in [1.82, 2.24) is 9.97 Å². The summed E-state index contributed by atoms with van der Waals surface area (Å²) < 4.78 is 0. The van der Waals surface area contributed by atoms with Gasteiger partial charge in [-0.05, 0) is 107 Å². The second-order valence-corrected chi connectivity index (χ2v) is 13.4. The molecule has 0 unspecified atom stereocenters. The first kappa shape index (κ1) is 32.5. The minimum Gasteiger partial charge on any atom is -0.506 e. The second kappa shape index (κ2) is 12.4. The number of para-hydroxylation sites is 1. The number of aromatic hydroxyl groups is 1. The van der Waals surface area contributed by atoms with Gasteiger partial charge in [0.1, 0.15) is 17.1 Å². The minimum atomic E-state index is -0.262. The fourth-order valence-corrected chi connectivity index (χ4v) is 7.54. The Morgan fingerprint density at radius 2 is 1.45 bits per heavy atom. The zero-order valence-electron chi connectivity index (χ0n) is 28.2. The number of anilines is 3. The number of aromatic nitrogens is 2. The van der Waals surface area contributed by atoms with Gasteiger partial charge in [0.2, 0.25) is 0 Å². The number of phenolic OH excluding ortho intramolecular Hbond substituents is 1. The third kappa shape index (κ3) is 5.45. The van der Waals surface area contributed by atoms with Crippen LogP contribution in [-0.2, 0) is 26.5 Å². The van der Waals surface area contributed by atoms with E-state index < -0.39 is 0 Å². The van der Waals surface area contributed by atoms with Crippen molar-refractivity contribution < 1.29 is 26.2 Å². The maximum Gasteiger partial charge on any atom is 0.140 e. The third-order valence-electron chi connectivity index (χ3n) is 9.78. The average Bonchev–Trinajstić information content (AvgIpc) is 3.09. The molecule has 0 saturated heterocycles. The van der Waals surface area contributed by atoms with E-state index >= 15 is 0 Å². The van der Waals surface area contributed by atoms with E-state index in [9.17, 15) is 5.11 Å². The molecule has 1 aliphatic rings. The van der Waals surface area contributed by atoms with Crippen LogP contribution in [0.15, 0.2) is 121 Å². The van der Waals surface area contributed by atoms with Gasteiger partial charge in [-0.3, -0.25) is 4.98 Å². The average molecular weight is 818 g/mol. The Bertz CT molecular complexity index is 2360. The molecule has 0 saturated carbocycles. The van der Waals surface area contributed by atoms with Crippen LogP contribution >= 0.6 is 0 Å². The molecule has 0 fully saturated rings. The van der Waals surface area contributed by atoms with Crippen LogP contribution in [0.1, 0.15) is 41.7 Å². The fourth-order valence-electron chi connectivity index (χ4n) is 7.54. The Morgan fingerprint density at radius 3 is 2.22 bits per heavy atom. The molecule has 0 aliphatic carbocycles. The van der Waals surface area contributed by atoms with Crippen molar-refractivity contribution in [2.75, 3.05) is 4.90 Å². The van der Waals surface area contributed by atoms with Gasteiger partial charge in [-0.25, -0.2) is 4.98 Å². The first-order valence-electron chi connectivity index (χ1n) is 16.4. The van der Waals surface area contributed by atoms with Gasteiger partial charge in [0.15, 0.2) is 0 Å². The van der Waals surface area contributed by atoms with E-state index in [2.05, 4.69) is 137 Å². The summed E-state index contributed by atoms with van der Waals surface area (Å²) in [5, 5.41) is 12.0. The molecule has 0 atom stereocenters. The van der Waals surface area contributed by atoms with Crippen LogP contribution in [0.5, 0.6) is 5.75 Å². The van der Waals surface area contributed by atoms with Gasteiger partial charge in [-0.1, -0.05) is 97.8 Å². The molecule has 2 aromatic heterocycles. The first-order valence-corrected chi connectivity index (χ1v) is 16.4. The number of hydrogen-bond donors (Lipinski definition) is 1. The molecule has 7 aromatic rings. The zero-order chi connectivity index (χ0) is 33.2. The molecule has 3 heterocycles. The number of aryl methyl sites for hydroxylation is 3. The SMILES string of the molecule is Cc1cc(C)c(-c2ccc(O)c3nc(-c4[c-]c5c(cc4)C(C)(C)c4ccccc4N5c4cc(-c5ccccc5)ccn4)ccc23)c(C)c1.[Pt]. The number of pyridine rings is 2. The van der Waals surface area contributed by atoms with Gasteiger partial charge in [-0.15, -0.1) is 23.8 Å². The summed E-state index contributed by atoms with van der Waals surface area (Å²) in [6, 6.07) is 43.6. The molecule has 8 rings (SSSR count). The molecule has 5 aromatic carbocycles. The number of fused-ring (bicyclic) bond motifs is 3. The summed E-state index contributed by atoms with van der Waals surface area (Å²) in [6.07, 6.45) is 1.88. The van der Waals surface area contributed by atoms with Crippen LogP contribution in [0.25, 0.3) is 44.4 Å². The van der Waals surface area contributed by atoms with E-state index in [0.717, 1.165) is 56.1 Å². The summed E-state index contributed by atoms with van der Waals surface area (Å²) in [5.41, 5.74) is 14.5. The molecular weight excluding hydrogens is 782 g/mol. The van der Waals surface area contributed by atoms with E-state index in [1.54, 1.807) is 6.07 Å². The number of phenols is 1. The zero-order valence-corrected chi connectivity index (χ0v) is 30.4. The summed E-state index contributed by atoms with van der Waals surface area (Å²) in [4.78, 5) is 12.2.